The molecular formula is C11H14BrClN2. The van der Waals surface area contributed by atoms with Crippen molar-refractivity contribution in [3.8, 4) is 0 Å². The SMILES string of the molecule is NNC(CC1CC1)c1cc(Cl)ccc1Br. The number of rotatable bonds is 4. The zero-order chi connectivity index (χ0) is 10.8. The minimum Gasteiger partial charge on any atom is -0.271 e. The van der Waals surface area contributed by atoms with Gasteiger partial charge in [0.05, 0.1) is 0 Å². The average molecular weight is 290 g/mol. The molecule has 82 valence electrons. The van der Waals surface area contributed by atoms with Crippen molar-refractivity contribution in [3.05, 3.63) is 33.3 Å². The molecule has 0 saturated heterocycles. The lowest BCUT2D eigenvalue weighted by molar-refractivity contribution is 0.485. The fourth-order valence-electron chi connectivity index (χ4n) is 1.75. The Morgan fingerprint density at radius 1 is 1.53 bits per heavy atom. The second-order valence-corrected chi connectivity index (χ2v) is 5.35. The van der Waals surface area contributed by atoms with Crippen molar-refractivity contribution in [1.29, 1.82) is 0 Å². The van der Waals surface area contributed by atoms with Crippen LogP contribution < -0.4 is 11.3 Å². The first-order valence-electron chi connectivity index (χ1n) is 5.12. The van der Waals surface area contributed by atoms with E-state index < -0.39 is 0 Å². The first kappa shape index (κ1) is 11.4. The Balaban J connectivity index is 2.19. The maximum absolute atomic E-state index is 5.98. The number of hydrogen-bond donors (Lipinski definition) is 2. The summed E-state index contributed by atoms with van der Waals surface area (Å²) in [6, 6.07) is 6.01. The quantitative estimate of drug-likeness (QED) is 0.658. The van der Waals surface area contributed by atoms with Crippen molar-refractivity contribution < 1.29 is 0 Å². The molecule has 1 aliphatic carbocycles. The summed E-state index contributed by atoms with van der Waals surface area (Å²) in [6.45, 7) is 0. The summed E-state index contributed by atoms with van der Waals surface area (Å²) in [4.78, 5) is 0. The van der Waals surface area contributed by atoms with Gasteiger partial charge in [-0.2, -0.15) is 0 Å². The molecule has 1 unspecified atom stereocenters. The van der Waals surface area contributed by atoms with Gasteiger partial charge >= 0.3 is 0 Å². The number of nitrogens with one attached hydrogen (secondary N) is 1. The van der Waals surface area contributed by atoms with Crippen LogP contribution >= 0.6 is 27.5 Å². The highest BCUT2D eigenvalue weighted by Gasteiger charge is 2.26. The van der Waals surface area contributed by atoms with Crippen LogP contribution in [0.1, 0.15) is 30.9 Å². The Kier molecular flexibility index (Phi) is 3.67. The van der Waals surface area contributed by atoms with Crippen molar-refractivity contribution in [1.82, 2.24) is 5.43 Å². The third-order valence-corrected chi connectivity index (χ3v) is 3.76. The highest BCUT2D eigenvalue weighted by atomic mass is 79.9. The molecule has 0 aliphatic heterocycles. The molecule has 4 heteroatoms. The largest absolute Gasteiger partial charge is 0.271 e. The van der Waals surface area contributed by atoms with E-state index in [1.807, 2.05) is 18.2 Å². The van der Waals surface area contributed by atoms with E-state index in [0.29, 0.717) is 0 Å². The summed E-state index contributed by atoms with van der Waals surface area (Å²) >= 11 is 9.51. The second-order valence-electron chi connectivity index (χ2n) is 4.06. The van der Waals surface area contributed by atoms with E-state index in [1.54, 1.807) is 0 Å². The van der Waals surface area contributed by atoms with Gasteiger partial charge in [0.1, 0.15) is 0 Å². The van der Waals surface area contributed by atoms with Gasteiger partial charge in [-0.25, -0.2) is 0 Å². The monoisotopic (exact) mass is 288 g/mol. The number of hydrogen-bond acceptors (Lipinski definition) is 2. The molecule has 0 spiro atoms. The Morgan fingerprint density at radius 2 is 2.27 bits per heavy atom. The van der Waals surface area contributed by atoms with Crippen LogP contribution in [0.4, 0.5) is 0 Å². The minimum absolute atomic E-state index is 0.200. The molecule has 3 N–H and O–H groups in total. The number of halogens is 2. The van der Waals surface area contributed by atoms with E-state index in [0.717, 1.165) is 27.4 Å². The Labute approximate surface area is 103 Å². The van der Waals surface area contributed by atoms with Crippen LogP contribution in [0.3, 0.4) is 0 Å². The third-order valence-electron chi connectivity index (χ3n) is 2.80. The van der Waals surface area contributed by atoms with Crippen LogP contribution in [0.15, 0.2) is 22.7 Å². The molecule has 1 aliphatic rings. The van der Waals surface area contributed by atoms with E-state index in [1.165, 1.54) is 12.8 Å². The predicted molar refractivity (Wildman–Crippen MR) is 66.6 cm³/mol. The average Bonchev–Trinajstić information content (AvgIpc) is 3.02. The van der Waals surface area contributed by atoms with Crippen molar-refractivity contribution in [3.63, 3.8) is 0 Å². The lowest BCUT2D eigenvalue weighted by Crippen LogP contribution is -2.28. The first-order valence-corrected chi connectivity index (χ1v) is 6.29. The first-order chi connectivity index (χ1) is 7.20. The molecular weight excluding hydrogens is 275 g/mol. The Bertz CT molecular complexity index is 352. The van der Waals surface area contributed by atoms with Crippen LogP contribution in [-0.4, -0.2) is 0 Å². The molecule has 1 aromatic carbocycles. The number of benzene rings is 1. The fourth-order valence-corrected chi connectivity index (χ4v) is 2.46. The maximum atomic E-state index is 5.98. The van der Waals surface area contributed by atoms with Crippen LogP contribution in [0.5, 0.6) is 0 Å². The number of hydrazine groups is 1. The molecule has 1 atom stereocenters. The molecule has 15 heavy (non-hydrogen) atoms. The number of nitrogens with two attached hydrogens (primary N) is 1. The van der Waals surface area contributed by atoms with Gasteiger partial charge in [0.2, 0.25) is 0 Å². The molecule has 0 amide bonds. The summed E-state index contributed by atoms with van der Waals surface area (Å²) < 4.78 is 1.07. The van der Waals surface area contributed by atoms with Crippen LogP contribution in [0, 0.1) is 5.92 Å². The summed E-state index contributed by atoms with van der Waals surface area (Å²) in [5.41, 5.74) is 4.02. The molecule has 1 aromatic rings. The lowest BCUT2D eigenvalue weighted by atomic mass is 10.0. The molecule has 0 aromatic heterocycles. The van der Waals surface area contributed by atoms with Gasteiger partial charge in [0.25, 0.3) is 0 Å². The molecule has 0 radical (unpaired) electrons. The highest BCUT2D eigenvalue weighted by molar-refractivity contribution is 9.10. The van der Waals surface area contributed by atoms with E-state index >= 15 is 0 Å². The van der Waals surface area contributed by atoms with E-state index in [4.69, 9.17) is 17.4 Å². The maximum Gasteiger partial charge on any atom is 0.0474 e. The molecule has 1 saturated carbocycles. The predicted octanol–water partition coefficient (Wildman–Crippen LogP) is 3.41. The zero-order valence-corrected chi connectivity index (χ0v) is 10.7. The van der Waals surface area contributed by atoms with Crippen molar-refractivity contribution in [2.45, 2.75) is 25.3 Å². The zero-order valence-electron chi connectivity index (χ0n) is 8.34. The molecule has 2 rings (SSSR count). The van der Waals surface area contributed by atoms with Crippen molar-refractivity contribution in [2.24, 2.45) is 11.8 Å². The van der Waals surface area contributed by atoms with Crippen molar-refractivity contribution >= 4 is 27.5 Å². The van der Waals surface area contributed by atoms with Gasteiger partial charge in [-0.1, -0.05) is 40.4 Å². The van der Waals surface area contributed by atoms with Gasteiger partial charge < -0.3 is 0 Å². The summed E-state index contributed by atoms with van der Waals surface area (Å²) in [5.74, 6) is 6.42. The van der Waals surface area contributed by atoms with E-state index in [-0.39, 0.29) is 6.04 Å². The van der Waals surface area contributed by atoms with Crippen molar-refractivity contribution in [2.75, 3.05) is 0 Å². The van der Waals surface area contributed by atoms with Gasteiger partial charge in [-0.15, -0.1) is 0 Å². The third kappa shape index (κ3) is 2.94. The Morgan fingerprint density at radius 3 is 2.87 bits per heavy atom. The van der Waals surface area contributed by atoms with Gasteiger partial charge in [-0.3, -0.25) is 11.3 Å². The topological polar surface area (TPSA) is 38.0 Å². The van der Waals surface area contributed by atoms with Crippen LogP contribution in [-0.2, 0) is 0 Å². The lowest BCUT2D eigenvalue weighted by Gasteiger charge is -2.17. The van der Waals surface area contributed by atoms with Gasteiger partial charge in [-0.05, 0) is 36.1 Å². The summed E-state index contributed by atoms with van der Waals surface area (Å²) in [6.07, 6.45) is 3.75. The molecule has 0 heterocycles. The Hall–Kier alpha value is -0.0900. The normalized spacial score (nSPS) is 17.8. The van der Waals surface area contributed by atoms with E-state index in [2.05, 4.69) is 21.4 Å². The fraction of sp³-hybridized carbons (Fsp3) is 0.455. The molecule has 0 bridgehead atoms. The second kappa shape index (κ2) is 4.83. The van der Waals surface area contributed by atoms with Gasteiger partial charge in [0.15, 0.2) is 0 Å². The highest BCUT2D eigenvalue weighted by Crippen LogP contribution is 2.39. The van der Waals surface area contributed by atoms with Gasteiger partial charge in [0, 0.05) is 15.5 Å². The summed E-state index contributed by atoms with van der Waals surface area (Å²) in [5, 5.41) is 0.754. The van der Waals surface area contributed by atoms with Crippen LogP contribution in [0.25, 0.3) is 0 Å². The van der Waals surface area contributed by atoms with Crippen LogP contribution in [0.2, 0.25) is 5.02 Å². The minimum atomic E-state index is 0.200. The smallest absolute Gasteiger partial charge is 0.0474 e. The molecule has 2 nitrogen and oxygen atoms in total. The standard InChI is InChI=1S/C11H14BrClN2/c12-10-4-3-8(13)6-9(10)11(15-14)5-7-1-2-7/h3-4,6-7,11,15H,1-2,5,14H2. The molecule has 1 fully saturated rings. The summed E-state index contributed by atoms with van der Waals surface area (Å²) in [7, 11) is 0. The van der Waals surface area contributed by atoms with E-state index in [9.17, 15) is 0 Å².